The average Bonchev–Trinajstić information content (AvgIpc) is 2.06. The number of ether oxygens (including phenoxy) is 1. The van der Waals surface area contributed by atoms with E-state index in [2.05, 4.69) is 6.07 Å². The zero-order valence-electron chi connectivity index (χ0n) is 8.62. The monoisotopic (exact) mass is 267 g/mol. The van der Waals surface area contributed by atoms with Crippen LogP contribution in [0.4, 0.5) is 0 Å². The van der Waals surface area contributed by atoms with Gasteiger partial charge in [0.15, 0.2) is 0 Å². The fraction of sp³-hybridized carbons (Fsp3) is 0.273. The molecule has 1 radical (unpaired) electrons. The third kappa shape index (κ3) is 6.28. The average molecular weight is 267 g/mol. The van der Waals surface area contributed by atoms with Crippen molar-refractivity contribution in [2.24, 2.45) is 0 Å². The van der Waals surface area contributed by atoms with E-state index in [0.29, 0.717) is 13.0 Å². The van der Waals surface area contributed by atoms with Crippen molar-refractivity contribution in [3.8, 4) is 0 Å². The number of carbonyl (C=O) groups is 1. The van der Waals surface area contributed by atoms with Crippen molar-refractivity contribution in [2.75, 3.05) is 6.61 Å². The van der Waals surface area contributed by atoms with Crippen LogP contribution < -0.4 is 0 Å². The molecule has 0 aliphatic heterocycles. The molecule has 0 bridgehead atoms. The molecule has 0 aromatic heterocycles. The number of hydrogen-bond donors (Lipinski definition) is 0. The van der Waals surface area contributed by atoms with E-state index < -0.39 is 0 Å². The Hall–Kier alpha value is -0.206. The standard InChI is InChI=1S/C10H11O2.CH3.Y/c1-2-12-10(11)8-9-6-4-3-5-7-9;;/h4-7H,2,8H2,1H3;1H3;/q2*-1;. The van der Waals surface area contributed by atoms with Crippen LogP contribution in [0.3, 0.4) is 0 Å². The Kier molecular flexibility index (Phi) is 10.8. The molecule has 1 aromatic rings. The van der Waals surface area contributed by atoms with E-state index in [-0.39, 0.29) is 46.1 Å². The summed E-state index contributed by atoms with van der Waals surface area (Å²) in [4.78, 5) is 11.0. The minimum absolute atomic E-state index is 0. The topological polar surface area (TPSA) is 26.3 Å². The van der Waals surface area contributed by atoms with Gasteiger partial charge in [-0.05, 0) is 6.92 Å². The maximum Gasteiger partial charge on any atom is 0.308 e. The third-order valence-corrected chi connectivity index (χ3v) is 1.44. The molecule has 1 rings (SSSR count). The second kappa shape index (κ2) is 9.35. The Morgan fingerprint density at radius 3 is 2.50 bits per heavy atom. The molecular weight excluding hydrogens is 253 g/mol. The zero-order chi connectivity index (χ0) is 8.81. The van der Waals surface area contributed by atoms with Gasteiger partial charge in [-0.15, -0.1) is 5.56 Å². The number of rotatable bonds is 3. The van der Waals surface area contributed by atoms with Gasteiger partial charge in [-0.3, -0.25) is 4.79 Å². The summed E-state index contributed by atoms with van der Waals surface area (Å²) in [6.07, 6.45) is 0.350. The number of carbonyl (C=O) groups excluding carboxylic acids is 1. The Balaban J connectivity index is 0. The molecule has 0 spiro atoms. The number of esters is 1. The molecule has 0 N–H and O–H groups in total. The van der Waals surface area contributed by atoms with E-state index in [1.807, 2.05) is 12.1 Å². The van der Waals surface area contributed by atoms with Crippen LogP contribution in [0.5, 0.6) is 0 Å². The predicted octanol–water partition coefficient (Wildman–Crippen LogP) is 2.04. The minimum atomic E-state index is -0.177. The normalized spacial score (nSPS) is 8.07. The van der Waals surface area contributed by atoms with Gasteiger partial charge < -0.3 is 12.2 Å². The first-order valence-corrected chi connectivity index (χ1v) is 3.93. The quantitative estimate of drug-likeness (QED) is 0.618. The maximum atomic E-state index is 11.0. The van der Waals surface area contributed by atoms with E-state index in [9.17, 15) is 4.79 Å². The zero-order valence-corrected chi connectivity index (χ0v) is 11.5. The molecule has 1 aromatic carbocycles. The summed E-state index contributed by atoms with van der Waals surface area (Å²) in [5.74, 6) is -0.177. The first kappa shape index (κ1) is 16.2. The van der Waals surface area contributed by atoms with Crippen molar-refractivity contribution in [2.45, 2.75) is 13.3 Å². The third-order valence-electron chi connectivity index (χ3n) is 1.44. The Morgan fingerprint density at radius 1 is 1.43 bits per heavy atom. The first-order valence-electron chi connectivity index (χ1n) is 3.93. The molecule has 14 heavy (non-hydrogen) atoms. The van der Waals surface area contributed by atoms with Crippen molar-refractivity contribution >= 4 is 5.97 Å². The second-order valence-electron chi connectivity index (χ2n) is 2.39. The number of benzene rings is 1. The fourth-order valence-corrected chi connectivity index (χ4v) is 0.918. The molecule has 0 unspecified atom stereocenters. The van der Waals surface area contributed by atoms with Crippen LogP contribution in [0.2, 0.25) is 0 Å². The fourth-order valence-electron chi connectivity index (χ4n) is 0.918. The minimum Gasteiger partial charge on any atom is -0.466 e. The molecule has 0 heterocycles. The Morgan fingerprint density at radius 2 is 2.00 bits per heavy atom. The van der Waals surface area contributed by atoms with Gasteiger partial charge in [0, 0.05) is 39.1 Å². The van der Waals surface area contributed by atoms with Crippen LogP contribution in [0.15, 0.2) is 24.3 Å². The Labute approximate surface area is 111 Å². The molecule has 0 aliphatic carbocycles. The second-order valence-corrected chi connectivity index (χ2v) is 2.39. The van der Waals surface area contributed by atoms with E-state index in [1.165, 1.54) is 0 Å². The van der Waals surface area contributed by atoms with Crippen molar-refractivity contribution in [1.82, 2.24) is 0 Å². The van der Waals surface area contributed by atoms with Crippen molar-refractivity contribution in [3.63, 3.8) is 0 Å². The predicted molar refractivity (Wildman–Crippen MR) is 52.0 cm³/mol. The van der Waals surface area contributed by atoms with Crippen LogP contribution in [-0.4, -0.2) is 12.6 Å². The number of hydrogen-bond acceptors (Lipinski definition) is 2. The summed E-state index contributed by atoms with van der Waals surface area (Å²) in [5.41, 5.74) is 0.965. The molecule has 0 saturated carbocycles. The van der Waals surface area contributed by atoms with E-state index in [1.54, 1.807) is 19.1 Å². The van der Waals surface area contributed by atoms with Crippen LogP contribution in [-0.2, 0) is 48.7 Å². The molecule has 0 atom stereocenters. The van der Waals surface area contributed by atoms with E-state index in [0.717, 1.165) is 5.56 Å². The van der Waals surface area contributed by atoms with Gasteiger partial charge in [-0.1, -0.05) is 0 Å². The maximum absolute atomic E-state index is 11.0. The summed E-state index contributed by atoms with van der Waals surface area (Å²) >= 11 is 0. The van der Waals surface area contributed by atoms with Crippen LogP contribution >= 0.6 is 0 Å². The van der Waals surface area contributed by atoms with Gasteiger partial charge in [0.05, 0.1) is 6.61 Å². The van der Waals surface area contributed by atoms with Gasteiger partial charge in [0.25, 0.3) is 0 Å². The van der Waals surface area contributed by atoms with Crippen LogP contribution in [0.1, 0.15) is 12.5 Å². The summed E-state index contributed by atoms with van der Waals surface area (Å²) in [6.45, 7) is 2.24. The molecule has 0 amide bonds. The Bertz CT molecular complexity index is 247. The molecular formula is C11H14O2Y-2. The van der Waals surface area contributed by atoms with Crippen molar-refractivity contribution in [1.29, 1.82) is 0 Å². The van der Waals surface area contributed by atoms with Crippen molar-refractivity contribution < 1.29 is 42.2 Å². The van der Waals surface area contributed by atoms with E-state index >= 15 is 0 Å². The van der Waals surface area contributed by atoms with Crippen LogP contribution in [0, 0.1) is 13.5 Å². The SMILES string of the molecule is CCOC(=O)Cc1cc[c-]cc1.[CH3-].[Y]. The summed E-state index contributed by atoms with van der Waals surface area (Å²) in [6, 6.07) is 10.2. The van der Waals surface area contributed by atoms with Gasteiger partial charge >= 0.3 is 5.97 Å². The van der Waals surface area contributed by atoms with Gasteiger partial charge in [0.2, 0.25) is 0 Å². The molecule has 75 valence electrons. The van der Waals surface area contributed by atoms with Gasteiger partial charge in [-0.25, -0.2) is 0 Å². The molecule has 3 heteroatoms. The van der Waals surface area contributed by atoms with Gasteiger partial charge in [-0.2, -0.15) is 30.3 Å². The molecule has 0 fully saturated rings. The summed E-state index contributed by atoms with van der Waals surface area (Å²) in [7, 11) is 0. The molecule has 2 nitrogen and oxygen atoms in total. The first-order chi connectivity index (χ1) is 5.83. The smallest absolute Gasteiger partial charge is 0.308 e. The largest absolute Gasteiger partial charge is 0.466 e. The van der Waals surface area contributed by atoms with E-state index in [4.69, 9.17) is 4.74 Å². The van der Waals surface area contributed by atoms with Crippen molar-refractivity contribution in [3.05, 3.63) is 43.3 Å². The molecule has 0 saturated heterocycles. The van der Waals surface area contributed by atoms with Crippen LogP contribution in [0.25, 0.3) is 0 Å². The molecule has 0 aliphatic rings. The van der Waals surface area contributed by atoms with Gasteiger partial charge in [0.1, 0.15) is 0 Å². The summed E-state index contributed by atoms with van der Waals surface area (Å²) < 4.78 is 4.80. The summed E-state index contributed by atoms with van der Waals surface area (Å²) in [5, 5.41) is 0.